The van der Waals surface area contributed by atoms with Crippen LogP contribution in [-0.2, 0) is 4.74 Å². The third-order valence-corrected chi connectivity index (χ3v) is 4.84. The number of amides is 1. The summed E-state index contributed by atoms with van der Waals surface area (Å²) < 4.78 is 11.3. The normalized spacial score (nSPS) is 16.0. The van der Waals surface area contributed by atoms with E-state index in [9.17, 15) is 4.79 Å². The molecule has 0 saturated carbocycles. The molecule has 1 amide bonds. The molecule has 0 aliphatic carbocycles. The molecule has 0 spiro atoms. The largest absolute Gasteiger partial charge is 0.457 e. The molecule has 0 atom stereocenters. The Morgan fingerprint density at radius 3 is 2.50 bits per heavy atom. The average Bonchev–Trinajstić information content (AvgIpc) is 2.68. The fraction of sp³-hybridized carbons (Fsp3) is 0.381. The van der Waals surface area contributed by atoms with Crippen molar-refractivity contribution in [2.24, 2.45) is 5.41 Å². The van der Waals surface area contributed by atoms with Crippen LogP contribution in [-0.4, -0.2) is 39.3 Å². The van der Waals surface area contributed by atoms with E-state index in [1.54, 1.807) is 13.2 Å². The van der Waals surface area contributed by atoms with Gasteiger partial charge in [-0.05, 0) is 50.2 Å². The quantitative estimate of drug-likeness (QED) is 0.801. The van der Waals surface area contributed by atoms with Gasteiger partial charge in [-0.3, -0.25) is 4.79 Å². The van der Waals surface area contributed by atoms with Crippen molar-refractivity contribution in [1.29, 1.82) is 0 Å². The highest BCUT2D eigenvalue weighted by Gasteiger charge is 2.32. The van der Waals surface area contributed by atoms with Crippen molar-refractivity contribution in [3.63, 3.8) is 0 Å². The first kappa shape index (κ1) is 18.4. The van der Waals surface area contributed by atoms with E-state index in [1.807, 2.05) is 48.5 Å². The van der Waals surface area contributed by atoms with Gasteiger partial charge in [-0.15, -0.1) is 0 Å². The highest BCUT2D eigenvalue weighted by atomic mass is 16.5. The van der Waals surface area contributed by atoms with Crippen LogP contribution >= 0.6 is 0 Å². The summed E-state index contributed by atoms with van der Waals surface area (Å²) in [5, 5.41) is 6.46. The van der Waals surface area contributed by atoms with Gasteiger partial charge < -0.3 is 20.1 Å². The van der Waals surface area contributed by atoms with E-state index in [-0.39, 0.29) is 11.3 Å². The molecule has 26 heavy (non-hydrogen) atoms. The first-order chi connectivity index (χ1) is 12.7. The molecule has 1 aliphatic rings. The lowest BCUT2D eigenvalue weighted by Gasteiger charge is -2.37. The monoisotopic (exact) mass is 354 g/mol. The Morgan fingerprint density at radius 1 is 1.08 bits per heavy atom. The summed E-state index contributed by atoms with van der Waals surface area (Å²) in [4.78, 5) is 12.8. The maximum Gasteiger partial charge on any atom is 0.255 e. The number of carbonyl (C=O) groups is 1. The molecule has 0 radical (unpaired) electrons. The van der Waals surface area contributed by atoms with Gasteiger partial charge in [0.25, 0.3) is 5.91 Å². The molecule has 5 heteroatoms. The van der Waals surface area contributed by atoms with Gasteiger partial charge in [0.15, 0.2) is 0 Å². The molecule has 138 valence electrons. The van der Waals surface area contributed by atoms with Gasteiger partial charge in [0.05, 0.1) is 12.2 Å². The molecule has 0 aromatic heterocycles. The second-order valence-electron chi connectivity index (χ2n) is 6.78. The number of ether oxygens (including phenoxy) is 2. The summed E-state index contributed by atoms with van der Waals surface area (Å²) in [7, 11) is 1.72. The van der Waals surface area contributed by atoms with E-state index in [0.29, 0.717) is 30.2 Å². The predicted octanol–water partition coefficient (Wildman–Crippen LogP) is 3.22. The Kier molecular flexibility index (Phi) is 6.26. The Balaban J connectivity index is 1.69. The van der Waals surface area contributed by atoms with Crippen molar-refractivity contribution in [2.75, 3.05) is 33.4 Å². The number of carbonyl (C=O) groups excluding carboxylic acids is 1. The van der Waals surface area contributed by atoms with Crippen LogP contribution in [0.1, 0.15) is 23.2 Å². The maximum absolute atomic E-state index is 12.8. The maximum atomic E-state index is 12.8. The first-order valence-electron chi connectivity index (χ1n) is 9.02. The van der Waals surface area contributed by atoms with Gasteiger partial charge in [0.2, 0.25) is 0 Å². The van der Waals surface area contributed by atoms with E-state index in [0.717, 1.165) is 25.9 Å². The number of hydrogen-bond acceptors (Lipinski definition) is 4. The van der Waals surface area contributed by atoms with Crippen molar-refractivity contribution in [3.05, 3.63) is 60.2 Å². The molecule has 2 aromatic rings. The van der Waals surface area contributed by atoms with Gasteiger partial charge in [0, 0.05) is 19.1 Å². The number of para-hydroxylation sites is 2. The molecule has 3 rings (SSSR count). The summed E-state index contributed by atoms with van der Waals surface area (Å²) in [6, 6.07) is 16.8. The fourth-order valence-electron chi connectivity index (χ4n) is 3.36. The molecule has 1 saturated heterocycles. The second-order valence-corrected chi connectivity index (χ2v) is 6.78. The van der Waals surface area contributed by atoms with Crippen molar-refractivity contribution in [3.8, 4) is 11.5 Å². The Morgan fingerprint density at radius 2 is 1.77 bits per heavy atom. The third kappa shape index (κ3) is 4.62. The zero-order valence-corrected chi connectivity index (χ0v) is 15.2. The van der Waals surface area contributed by atoms with Crippen LogP contribution in [0.2, 0.25) is 0 Å². The Labute approximate surface area is 154 Å². The van der Waals surface area contributed by atoms with Gasteiger partial charge in [-0.1, -0.05) is 30.3 Å². The van der Waals surface area contributed by atoms with Crippen LogP contribution < -0.4 is 15.4 Å². The van der Waals surface area contributed by atoms with Crippen molar-refractivity contribution in [2.45, 2.75) is 12.8 Å². The van der Waals surface area contributed by atoms with Crippen LogP contribution in [0.4, 0.5) is 0 Å². The summed E-state index contributed by atoms with van der Waals surface area (Å²) >= 11 is 0. The SMILES string of the molecule is COCC1(CNC(=O)c2ccccc2Oc2ccccc2)CCNCC1. The van der Waals surface area contributed by atoms with Gasteiger partial charge in [-0.25, -0.2) is 0 Å². The van der Waals surface area contributed by atoms with Crippen LogP contribution in [0.5, 0.6) is 11.5 Å². The number of benzene rings is 2. The molecule has 5 nitrogen and oxygen atoms in total. The van der Waals surface area contributed by atoms with Crippen LogP contribution in [0.25, 0.3) is 0 Å². The number of methoxy groups -OCH3 is 1. The van der Waals surface area contributed by atoms with Crippen molar-refractivity contribution >= 4 is 5.91 Å². The van der Waals surface area contributed by atoms with Gasteiger partial charge >= 0.3 is 0 Å². The van der Waals surface area contributed by atoms with Crippen LogP contribution in [0.3, 0.4) is 0 Å². The van der Waals surface area contributed by atoms with Crippen molar-refractivity contribution < 1.29 is 14.3 Å². The summed E-state index contributed by atoms with van der Waals surface area (Å²) in [6.07, 6.45) is 1.98. The van der Waals surface area contributed by atoms with E-state index in [4.69, 9.17) is 9.47 Å². The summed E-state index contributed by atoms with van der Waals surface area (Å²) in [6.45, 7) is 3.15. The molecule has 0 unspecified atom stereocenters. The predicted molar refractivity (Wildman–Crippen MR) is 102 cm³/mol. The number of piperidine rings is 1. The van der Waals surface area contributed by atoms with Crippen LogP contribution in [0, 0.1) is 5.41 Å². The highest BCUT2D eigenvalue weighted by molar-refractivity contribution is 5.97. The number of rotatable bonds is 7. The molecule has 1 aliphatic heterocycles. The highest BCUT2D eigenvalue weighted by Crippen LogP contribution is 2.29. The van der Waals surface area contributed by atoms with Gasteiger partial charge in [-0.2, -0.15) is 0 Å². The number of hydrogen-bond donors (Lipinski definition) is 2. The zero-order chi connectivity index (χ0) is 18.2. The van der Waals surface area contributed by atoms with E-state index in [2.05, 4.69) is 10.6 Å². The molecule has 0 bridgehead atoms. The molecule has 2 aromatic carbocycles. The molecular weight excluding hydrogens is 328 g/mol. The molecule has 1 heterocycles. The second kappa shape index (κ2) is 8.83. The van der Waals surface area contributed by atoms with E-state index < -0.39 is 0 Å². The molecule has 1 fully saturated rings. The van der Waals surface area contributed by atoms with Gasteiger partial charge in [0.1, 0.15) is 11.5 Å². The lowest BCUT2D eigenvalue weighted by atomic mass is 9.79. The topological polar surface area (TPSA) is 59.6 Å². The lowest BCUT2D eigenvalue weighted by molar-refractivity contribution is 0.0511. The minimum absolute atomic E-state index is 0.00904. The summed E-state index contributed by atoms with van der Waals surface area (Å²) in [5.41, 5.74) is 0.531. The minimum Gasteiger partial charge on any atom is -0.457 e. The Hall–Kier alpha value is -2.37. The smallest absolute Gasteiger partial charge is 0.255 e. The number of nitrogens with one attached hydrogen (secondary N) is 2. The molecular formula is C21H26N2O3. The molecule has 2 N–H and O–H groups in total. The van der Waals surface area contributed by atoms with Crippen molar-refractivity contribution in [1.82, 2.24) is 10.6 Å². The average molecular weight is 354 g/mol. The minimum atomic E-state index is -0.120. The first-order valence-corrected chi connectivity index (χ1v) is 9.02. The standard InChI is InChI=1S/C21H26N2O3/c1-25-16-21(11-13-22-14-12-21)15-23-20(24)18-9-5-6-10-19(18)26-17-7-3-2-4-8-17/h2-10,22H,11-16H2,1H3,(H,23,24). The van der Waals surface area contributed by atoms with Crippen LogP contribution in [0.15, 0.2) is 54.6 Å². The lowest BCUT2D eigenvalue weighted by Crippen LogP contribution is -2.47. The third-order valence-electron chi connectivity index (χ3n) is 4.84. The summed E-state index contributed by atoms with van der Waals surface area (Å²) in [5.74, 6) is 1.15. The Bertz CT molecular complexity index is 707. The fourth-order valence-corrected chi connectivity index (χ4v) is 3.36. The van der Waals surface area contributed by atoms with E-state index >= 15 is 0 Å². The van der Waals surface area contributed by atoms with E-state index in [1.165, 1.54) is 0 Å². The zero-order valence-electron chi connectivity index (χ0n) is 15.2.